The van der Waals surface area contributed by atoms with Gasteiger partial charge in [-0.1, -0.05) is 27.5 Å². The number of hydrogen-bond acceptors (Lipinski definition) is 2. The van der Waals surface area contributed by atoms with Crippen molar-refractivity contribution >= 4 is 45.2 Å². The van der Waals surface area contributed by atoms with Crippen molar-refractivity contribution in [2.24, 2.45) is 0 Å². The summed E-state index contributed by atoms with van der Waals surface area (Å²) in [7, 11) is 0. The van der Waals surface area contributed by atoms with Crippen LogP contribution in [0, 0.1) is 0 Å². The largest absolute Gasteiger partial charge is 0.339 e. The van der Waals surface area contributed by atoms with Gasteiger partial charge in [-0.3, -0.25) is 4.79 Å². The zero-order valence-corrected chi connectivity index (χ0v) is 13.3. The topological polar surface area (TPSA) is 20.3 Å². The molecule has 0 radical (unpaired) electrons. The van der Waals surface area contributed by atoms with Crippen LogP contribution in [0.3, 0.4) is 0 Å². The average Bonchev–Trinajstić information content (AvgIpc) is 2.37. The van der Waals surface area contributed by atoms with Gasteiger partial charge in [-0.15, -0.1) is 0 Å². The fraction of sp³-hybridized carbons (Fsp3) is 0.462. The molecule has 18 heavy (non-hydrogen) atoms. The van der Waals surface area contributed by atoms with E-state index in [1.807, 2.05) is 22.7 Å². The summed E-state index contributed by atoms with van der Waals surface area (Å²) in [4.78, 5) is 14.3. The third-order valence-corrected chi connectivity index (χ3v) is 4.99. The first kappa shape index (κ1) is 14.2. The van der Waals surface area contributed by atoms with Crippen molar-refractivity contribution in [1.29, 1.82) is 0 Å². The number of halogens is 2. The van der Waals surface area contributed by atoms with Crippen LogP contribution in [-0.4, -0.2) is 35.4 Å². The van der Waals surface area contributed by atoms with E-state index in [1.54, 1.807) is 12.1 Å². The van der Waals surface area contributed by atoms with Gasteiger partial charge in [0.1, 0.15) is 0 Å². The van der Waals surface area contributed by atoms with E-state index in [-0.39, 0.29) is 5.91 Å². The molecular weight excluding hydrogens is 334 g/mol. The van der Waals surface area contributed by atoms with Gasteiger partial charge in [0, 0.05) is 33.4 Å². The number of nitrogens with zero attached hydrogens (tertiary/aromatic N) is 1. The molecule has 0 aromatic heterocycles. The van der Waals surface area contributed by atoms with Gasteiger partial charge in [0.25, 0.3) is 5.91 Å². The van der Waals surface area contributed by atoms with Crippen LogP contribution in [0.1, 0.15) is 23.2 Å². The van der Waals surface area contributed by atoms with Gasteiger partial charge >= 0.3 is 0 Å². The number of hydrogen-bond donors (Lipinski definition) is 0. The number of piperidine rings is 1. The molecule has 1 amide bonds. The summed E-state index contributed by atoms with van der Waals surface area (Å²) in [5, 5.41) is 1.28. The fourth-order valence-corrected chi connectivity index (χ4v) is 3.70. The predicted octanol–water partition coefficient (Wildman–Crippen LogP) is 4.07. The SMILES string of the molecule is CSC1CCN(C(=O)c2cc(Cl)cc(Br)c2)CC1. The van der Waals surface area contributed by atoms with E-state index in [2.05, 4.69) is 22.2 Å². The van der Waals surface area contributed by atoms with E-state index in [9.17, 15) is 4.79 Å². The lowest BCUT2D eigenvalue weighted by Gasteiger charge is -2.31. The molecule has 0 bridgehead atoms. The molecule has 1 saturated heterocycles. The Hall–Kier alpha value is -0.190. The van der Waals surface area contributed by atoms with E-state index in [1.165, 1.54) is 0 Å². The summed E-state index contributed by atoms with van der Waals surface area (Å²) in [6, 6.07) is 5.35. The Morgan fingerprint density at radius 1 is 1.39 bits per heavy atom. The highest BCUT2D eigenvalue weighted by molar-refractivity contribution is 9.10. The first-order chi connectivity index (χ1) is 8.60. The zero-order chi connectivity index (χ0) is 13.1. The predicted molar refractivity (Wildman–Crippen MR) is 81.6 cm³/mol. The van der Waals surface area contributed by atoms with Crippen molar-refractivity contribution in [2.75, 3.05) is 19.3 Å². The van der Waals surface area contributed by atoms with Crippen molar-refractivity contribution in [3.05, 3.63) is 33.3 Å². The lowest BCUT2D eigenvalue weighted by atomic mass is 10.1. The van der Waals surface area contributed by atoms with Crippen LogP contribution in [0.2, 0.25) is 5.02 Å². The Morgan fingerprint density at radius 2 is 2.06 bits per heavy atom. The third-order valence-electron chi connectivity index (χ3n) is 3.17. The van der Waals surface area contributed by atoms with Crippen LogP contribution in [0.15, 0.2) is 22.7 Å². The second-order valence-corrected chi connectivity index (χ2v) is 6.88. The minimum absolute atomic E-state index is 0.0813. The standard InChI is InChI=1S/C13H15BrClNOS/c1-18-12-2-4-16(5-3-12)13(17)9-6-10(14)8-11(15)7-9/h6-8,12H,2-5H2,1H3. The van der Waals surface area contributed by atoms with E-state index >= 15 is 0 Å². The maximum atomic E-state index is 12.3. The molecule has 0 saturated carbocycles. The molecule has 1 heterocycles. The van der Waals surface area contributed by atoms with Crippen LogP contribution in [-0.2, 0) is 0 Å². The van der Waals surface area contributed by atoms with E-state index in [0.29, 0.717) is 15.8 Å². The summed E-state index contributed by atoms with van der Waals surface area (Å²) < 4.78 is 0.845. The van der Waals surface area contributed by atoms with Crippen LogP contribution in [0.25, 0.3) is 0 Å². The molecule has 0 N–H and O–H groups in total. The summed E-state index contributed by atoms with van der Waals surface area (Å²) in [6.45, 7) is 1.68. The van der Waals surface area contributed by atoms with Crippen molar-refractivity contribution in [3.63, 3.8) is 0 Å². The van der Waals surface area contributed by atoms with Gasteiger partial charge in [0.05, 0.1) is 0 Å². The molecule has 98 valence electrons. The van der Waals surface area contributed by atoms with E-state index in [4.69, 9.17) is 11.6 Å². The lowest BCUT2D eigenvalue weighted by molar-refractivity contribution is 0.0727. The fourth-order valence-electron chi connectivity index (χ4n) is 2.15. The quantitative estimate of drug-likeness (QED) is 0.803. The van der Waals surface area contributed by atoms with Crippen LogP contribution in [0.5, 0.6) is 0 Å². The Kier molecular flexibility index (Phi) is 4.98. The second kappa shape index (κ2) is 6.31. The number of benzene rings is 1. The van der Waals surface area contributed by atoms with Crippen LogP contribution < -0.4 is 0 Å². The van der Waals surface area contributed by atoms with Crippen LogP contribution in [0.4, 0.5) is 0 Å². The Bertz CT molecular complexity index is 426. The number of amides is 1. The van der Waals surface area contributed by atoms with Gasteiger partial charge in [-0.2, -0.15) is 11.8 Å². The summed E-state index contributed by atoms with van der Waals surface area (Å²) in [6.07, 6.45) is 4.29. The number of carbonyl (C=O) groups is 1. The highest BCUT2D eigenvalue weighted by Gasteiger charge is 2.23. The lowest BCUT2D eigenvalue weighted by Crippen LogP contribution is -2.39. The molecule has 0 unspecified atom stereocenters. The first-order valence-corrected chi connectivity index (χ1v) is 8.34. The molecule has 1 aliphatic heterocycles. The smallest absolute Gasteiger partial charge is 0.253 e. The minimum Gasteiger partial charge on any atom is -0.339 e. The van der Waals surface area contributed by atoms with Gasteiger partial charge in [0.2, 0.25) is 0 Å². The number of thioether (sulfide) groups is 1. The van der Waals surface area contributed by atoms with Crippen molar-refractivity contribution in [3.8, 4) is 0 Å². The zero-order valence-electron chi connectivity index (χ0n) is 10.2. The molecule has 2 rings (SSSR count). The maximum Gasteiger partial charge on any atom is 0.253 e. The third kappa shape index (κ3) is 3.43. The van der Waals surface area contributed by atoms with Crippen LogP contribution >= 0.6 is 39.3 Å². The first-order valence-electron chi connectivity index (χ1n) is 5.88. The molecule has 1 fully saturated rings. The molecule has 0 spiro atoms. The van der Waals surface area contributed by atoms with Crippen molar-refractivity contribution in [1.82, 2.24) is 4.90 Å². The summed E-state index contributed by atoms with van der Waals surface area (Å²) >= 11 is 11.2. The van der Waals surface area contributed by atoms with Gasteiger partial charge < -0.3 is 4.90 Å². The maximum absolute atomic E-state index is 12.3. The molecular formula is C13H15BrClNOS. The molecule has 5 heteroatoms. The Morgan fingerprint density at radius 3 is 2.61 bits per heavy atom. The molecule has 2 nitrogen and oxygen atoms in total. The molecule has 0 aliphatic carbocycles. The minimum atomic E-state index is 0.0813. The molecule has 1 aliphatic rings. The normalized spacial score (nSPS) is 16.9. The summed E-state index contributed by atoms with van der Waals surface area (Å²) in [5.41, 5.74) is 0.664. The molecule has 1 aromatic rings. The molecule has 1 aromatic carbocycles. The van der Waals surface area contributed by atoms with E-state index < -0.39 is 0 Å². The van der Waals surface area contributed by atoms with Crippen molar-refractivity contribution < 1.29 is 4.79 Å². The molecule has 0 atom stereocenters. The van der Waals surface area contributed by atoms with Gasteiger partial charge in [-0.05, 0) is 37.3 Å². The monoisotopic (exact) mass is 347 g/mol. The Labute approximate surface area is 125 Å². The highest BCUT2D eigenvalue weighted by Crippen LogP contribution is 2.24. The highest BCUT2D eigenvalue weighted by atomic mass is 79.9. The number of carbonyl (C=O) groups excluding carboxylic acids is 1. The Balaban J connectivity index is 2.07. The van der Waals surface area contributed by atoms with Gasteiger partial charge in [0.15, 0.2) is 0 Å². The summed E-state index contributed by atoms with van der Waals surface area (Å²) in [5.74, 6) is 0.0813. The number of rotatable bonds is 2. The van der Waals surface area contributed by atoms with Crippen molar-refractivity contribution in [2.45, 2.75) is 18.1 Å². The number of likely N-dealkylation sites (tertiary alicyclic amines) is 1. The average molecular weight is 349 g/mol. The second-order valence-electron chi connectivity index (χ2n) is 4.39. The van der Waals surface area contributed by atoms with Gasteiger partial charge in [-0.25, -0.2) is 0 Å². The van der Waals surface area contributed by atoms with E-state index in [0.717, 1.165) is 30.4 Å².